The van der Waals surface area contributed by atoms with Crippen LogP contribution in [0.1, 0.15) is 50.5 Å². The first-order valence-corrected chi connectivity index (χ1v) is 10.4. The number of methoxy groups -OCH3 is 1. The summed E-state index contributed by atoms with van der Waals surface area (Å²) in [6, 6.07) is 8.92. The third-order valence-electron chi connectivity index (χ3n) is 7.11. The van der Waals surface area contributed by atoms with Crippen molar-refractivity contribution in [3.8, 4) is 5.75 Å². The van der Waals surface area contributed by atoms with Gasteiger partial charge >= 0.3 is 0 Å². The van der Waals surface area contributed by atoms with Crippen LogP contribution in [-0.2, 0) is 4.74 Å². The number of hydrogen-bond acceptors (Lipinski definition) is 3. The van der Waals surface area contributed by atoms with Gasteiger partial charge in [-0.1, -0.05) is 25.5 Å². The van der Waals surface area contributed by atoms with Crippen LogP contribution < -0.4 is 15.4 Å². The first-order valence-electron chi connectivity index (χ1n) is 10.4. The van der Waals surface area contributed by atoms with E-state index in [1.165, 1.54) is 31.2 Å². The van der Waals surface area contributed by atoms with Gasteiger partial charge in [0.1, 0.15) is 5.75 Å². The maximum atomic E-state index is 6.02. The molecular formula is C22H33N3O2. The zero-order valence-corrected chi connectivity index (χ0v) is 16.8. The summed E-state index contributed by atoms with van der Waals surface area (Å²) in [5, 5.41) is 7.27. The summed E-state index contributed by atoms with van der Waals surface area (Å²) in [4.78, 5) is 4.48. The zero-order chi connectivity index (χ0) is 18.9. The van der Waals surface area contributed by atoms with Gasteiger partial charge in [-0.15, -0.1) is 0 Å². The Morgan fingerprint density at radius 3 is 2.74 bits per heavy atom. The molecule has 2 aliphatic carbocycles. The number of fused-ring (bicyclic) bond motifs is 2. The van der Waals surface area contributed by atoms with Gasteiger partial charge in [-0.25, -0.2) is 0 Å². The molecule has 4 rings (SSSR count). The summed E-state index contributed by atoms with van der Waals surface area (Å²) < 4.78 is 11.3. The molecule has 27 heavy (non-hydrogen) atoms. The number of ether oxygens (including phenoxy) is 2. The lowest BCUT2D eigenvalue weighted by atomic mass is 9.46. The van der Waals surface area contributed by atoms with Crippen molar-refractivity contribution in [2.45, 2.75) is 57.1 Å². The molecule has 2 saturated carbocycles. The van der Waals surface area contributed by atoms with Crippen molar-refractivity contribution in [1.29, 1.82) is 0 Å². The van der Waals surface area contributed by atoms with Crippen LogP contribution in [0, 0.1) is 11.3 Å². The smallest absolute Gasteiger partial charge is 0.191 e. The van der Waals surface area contributed by atoms with Crippen molar-refractivity contribution in [2.24, 2.45) is 16.3 Å². The third kappa shape index (κ3) is 3.31. The minimum Gasteiger partial charge on any atom is -0.497 e. The van der Waals surface area contributed by atoms with Gasteiger partial charge in [0.25, 0.3) is 0 Å². The molecule has 0 radical (unpaired) electrons. The zero-order valence-electron chi connectivity index (χ0n) is 16.8. The fourth-order valence-corrected chi connectivity index (χ4v) is 5.30. The molecule has 0 amide bonds. The van der Waals surface area contributed by atoms with Gasteiger partial charge in [0.15, 0.2) is 5.96 Å². The molecular weight excluding hydrogens is 338 g/mol. The molecule has 0 bridgehead atoms. The number of guanidine groups is 1. The van der Waals surface area contributed by atoms with Crippen molar-refractivity contribution in [1.82, 2.24) is 10.6 Å². The van der Waals surface area contributed by atoms with Crippen molar-refractivity contribution in [3.05, 3.63) is 29.8 Å². The van der Waals surface area contributed by atoms with E-state index in [4.69, 9.17) is 9.47 Å². The Bertz CT molecular complexity index is 669. The largest absolute Gasteiger partial charge is 0.497 e. The molecule has 1 aromatic rings. The monoisotopic (exact) mass is 371 g/mol. The van der Waals surface area contributed by atoms with E-state index in [2.05, 4.69) is 34.7 Å². The van der Waals surface area contributed by atoms with Crippen molar-refractivity contribution in [3.63, 3.8) is 0 Å². The van der Waals surface area contributed by atoms with Gasteiger partial charge in [0, 0.05) is 37.6 Å². The Hall–Kier alpha value is -1.75. The molecule has 5 heteroatoms. The molecule has 148 valence electrons. The van der Waals surface area contributed by atoms with Crippen LogP contribution in [0.5, 0.6) is 5.75 Å². The highest BCUT2D eigenvalue weighted by atomic mass is 16.5. The van der Waals surface area contributed by atoms with E-state index in [0.29, 0.717) is 29.4 Å². The predicted molar refractivity (Wildman–Crippen MR) is 108 cm³/mol. The van der Waals surface area contributed by atoms with Crippen LogP contribution in [0.2, 0.25) is 0 Å². The fraction of sp³-hybridized carbons (Fsp3) is 0.682. The Morgan fingerprint density at radius 1 is 1.33 bits per heavy atom. The van der Waals surface area contributed by atoms with Crippen LogP contribution in [0.3, 0.4) is 0 Å². The van der Waals surface area contributed by atoms with Gasteiger partial charge in [0.05, 0.1) is 13.2 Å². The van der Waals surface area contributed by atoms with Crippen LogP contribution in [-0.4, -0.2) is 45.4 Å². The number of hydrogen-bond donors (Lipinski definition) is 2. The SMILES string of the molecule is CN=C(NCCC(C)c1ccc(OC)cc1)NC1C2CCOC2C12CCC2. The highest BCUT2D eigenvalue weighted by Gasteiger charge is 2.66. The standard InChI is InChI=1S/C22H33N3O2/c1-15(16-5-7-17(26-3)8-6-16)9-13-24-21(23-2)25-19-18-10-14-27-20(18)22(19)11-4-12-22/h5-8,15,18-20H,4,9-14H2,1-3H3,(H2,23,24,25). The molecule has 1 heterocycles. The maximum absolute atomic E-state index is 6.02. The van der Waals surface area contributed by atoms with Gasteiger partial charge in [-0.3, -0.25) is 4.99 Å². The molecule has 4 unspecified atom stereocenters. The van der Waals surface area contributed by atoms with Crippen molar-refractivity contribution >= 4 is 5.96 Å². The summed E-state index contributed by atoms with van der Waals surface area (Å²) >= 11 is 0. The summed E-state index contributed by atoms with van der Waals surface area (Å²) in [6.07, 6.45) is 6.70. The lowest BCUT2D eigenvalue weighted by Crippen LogP contribution is -2.72. The molecule has 2 N–H and O–H groups in total. The van der Waals surface area contributed by atoms with E-state index < -0.39 is 0 Å². The minimum atomic E-state index is 0.384. The average molecular weight is 372 g/mol. The Balaban J connectivity index is 1.27. The van der Waals surface area contributed by atoms with E-state index in [-0.39, 0.29) is 0 Å². The van der Waals surface area contributed by atoms with E-state index in [9.17, 15) is 0 Å². The number of benzene rings is 1. The van der Waals surface area contributed by atoms with Crippen molar-refractivity contribution in [2.75, 3.05) is 27.3 Å². The molecule has 5 nitrogen and oxygen atoms in total. The molecule has 1 aliphatic heterocycles. The summed E-state index contributed by atoms with van der Waals surface area (Å²) in [6.45, 7) is 4.12. The topological polar surface area (TPSA) is 54.9 Å². The lowest BCUT2D eigenvalue weighted by Gasteiger charge is -2.63. The second-order valence-electron chi connectivity index (χ2n) is 8.41. The first-order chi connectivity index (χ1) is 13.2. The summed E-state index contributed by atoms with van der Waals surface area (Å²) in [5.74, 6) is 3.02. The summed E-state index contributed by atoms with van der Waals surface area (Å²) in [5.41, 5.74) is 1.73. The summed E-state index contributed by atoms with van der Waals surface area (Å²) in [7, 11) is 3.58. The number of nitrogens with one attached hydrogen (secondary N) is 2. The van der Waals surface area contributed by atoms with Crippen LogP contribution in [0.4, 0.5) is 0 Å². The fourth-order valence-electron chi connectivity index (χ4n) is 5.30. The highest BCUT2D eigenvalue weighted by Crippen LogP contribution is 2.62. The van der Waals surface area contributed by atoms with E-state index in [1.807, 2.05) is 19.2 Å². The molecule has 0 aromatic heterocycles. The lowest BCUT2D eigenvalue weighted by molar-refractivity contribution is -0.171. The van der Waals surface area contributed by atoms with E-state index in [0.717, 1.165) is 31.3 Å². The second-order valence-corrected chi connectivity index (χ2v) is 8.41. The van der Waals surface area contributed by atoms with Crippen LogP contribution >= 0.6 is 0 Å². The van der Waals surface area contributed by atoms with E-state index >= 15 is 0 Å². The van der Waals surface area contributed by atoms with Crippen molar-refractivity contribution < 1.29 is 9.47 Å². The highest BCUT2D eigenvalue weighted by molar-refractivity contribution is 5.80. The van der Waals surface area contributed by atoms with Gasteiger partial charge < -0.3 is 20.1 Å². The van der Waals surface area contributed by atoms with Gasteiger partial charge in [-0.2, -0.15) is 0 Å². The first kappa shape index (κ1) is 18.6. The van der Waals surface area contributed by atoms with E-state index in [1.54, 1.807) is 7.11 Å². The Morgan fingerprint density at radius 2 is 2.11 bits per heavy atom. The molecule has 1 saturated heterocycles. The molecule has 3 fully saturated rings. The molecule has 3 aliphatic rings. The normalized spacial score (nSPS) is 29.4. The number of nitrogens with zero attached hydrogens (tertiary/aromatic N) is 1. The molecule has 1 spiro atoms. The van der Waals surface area contributed by atoms with Crippen LogP contribution in [0.15, 0.2) is 29.3 Å². The van der Waals surface area contributed by atoms with Gasteiger partial charge in [-0.05, 0) is 49.3 Å². The maximum Gasteiger partial charge on any atom is 0.191 e. The molecule has 1 aromatic carbocycles. The average Bonchev–Trinajstić information content (AvgIpc) is 3.08. The third-order valence-corrected chi connectivity index (χ3v) is 7.11. The minimum absolute atomic E-state index is 0.384. The Labute approximate surface area is 162 Å². The van der Waals surface area contributed by atoms with Gasteiger partial charge in [0.2, 0.25) is 0 Å². The Kier molecular flexibility index (Phi) is 5.31. The number of aliphatic imine (C=N–C) groups is 1. The van der Waals surface area contributed by atoms with Crippen LogP contribution in [0.25, 0.3) is 0 Å². The predicted octanol–water partition coefficient (Wildman–Crippen LogP) is 3.31. The number of rotatable bonds is 6. The molecule has 4 atom stereocenters. The quantitative estimate of drug-likeness (QED) is 0.595. The second kappa shape index (κ2) is 7.70.